The maximum Gasteiger partial charge on any atom is 0.153 e. The van der Waals surface area contributed by atoms with Gasteiger partial charge in [-0.3, -0.25) is 0 Å². The van der Waals surface area contributed by atoms with E-state index in [1.165, 1.54) is 0 Å². The third-order valence-corrected chi connectivity index (χ3v) is 2.89. The lowest BCUT2D eigenvalue weighted by molar-refractivity contribution is 0.415. The first kappa shape index (κ1) is 11.5. The molecular weight excluding hydrogens is 238 g/mol. The largest absolute Gasteiger partial charge is 0.497 e. The number of aromatic nitrogens is 3. The van der Waals surface area contributed by atoms with E-state index in [1.54, 1.807) is 19.5 Å². The summed E-state index contributed by atoms with van der Waals surface area (Å²) in [5, 5.41) is 4.33. The van der Waals surface area contributed by atoms with Crippen molar-refractivity contribution in [2.75, 3.05) is 7.11 Å². The topological polar surface area (TPSA) is 39.9 Å². The van der Waals surface area contributed by atoms with Crippen molar-refractivity contribution in [1.82, 2.24) is 14.8 Å². The Balaban J connectivity index is 2.04. The van der Waals surface area contributed by atoms with Gasteiger partial charge in [-0.2, -0.15) is 5.10 Å². The van der Waals surface area contributed by atoms with Gasteiger partial charge in [0.15, 0.2) is 5.82 Å². The number of pyridine rings is 1. The second-order valence-corrected chi connectivity index (χ2v) is 4.04. The lowest BCUT2D eigenvalue weighted by Crippen LogP contribution is -2.00. The number of methoxy groups -OCH3 is 1. The zero-order valence-electron chi connectivity index (χ0n) is 10.5. The van der Waals surface area contributed by atoms with Crippen LogP contribution in [0.4, 0.5) is 0 Å². The number of benzene rings is 1. The monoisotopic (exact) mass is 251 g/mol. The molecule has 0 aliphatic rings. The second kappa shape index (κ2) is 4.94. The third kappa shape index (κ3) is 2.20. The fraction of sp³-hybridized carbons (Fsp3) is 0.0667. The predicted molar refractivity (Wildman–Crippen MR) is 73.3 cm³/mol. The quantitative estimate of drug-likeness (QED) is 0.718. The molecule has 4 heteroatoms. The van der Waals surface area contributed by atoms with Crippen LogP contribution in [0.1, 0.15) is 0 Å². The van der Waals surface area contributed by atoms with Gasteiger partial charge in [0.25, 0.3) is 0 Å². The van der Waals surface area contributed by atoms with Crippen LogP contribution < -0.4 is 4.74 Å². The first-order valence-corrected chi connectivity index (χ1v) is 5.98. The zero-order chi connectivity index (χ0) is 13.1. The molecule has 0 amide bonds. The number of hydrogen-bond acceptors (Lipinski definition) is 3. The van der Waals surface area contributed by atoms with Crippen LogP contribution in [0.5, 0.6) is 5.75 Å². The molecule has 0 unspecified atom stereocenters. The normalized spacial score (nSPS) is 10.4. The number of nitrogens with zero attached hydrogens (tertiary/aromatic N) is 3. The Morgan fingerprint density at radius 2 is 1.79 bits per heavy atom. The average Bonchev–Trinajstić information content (AvgIpc) is 2.98. The van der Waals surface area contributed by atoms with Crippen molar-refractivity contribution in [2.24, 2.45) is 0 Å². The van der Waals surface area contributed by atoms with Crippen LogP contribution in [-0.4, -0.2) is 21.9 Å². The highest BCUT2D eigenvalue weighted by Gasteiger charge is 2.07. The highest BCUT2D eigenvalue weighted by Crippen LogP contribution is 2.23. The van der Waals surface area contributed by atoms with Crippen molar-refractivity contribution >= 4 is 0 Å². The van der Waals surface area contributed by atoms with Crippen molar-refractivity contribution in [3.63, 3.8) is 0 Å². The summed E-state index contributed by atoms with van der Waals surface area (Å²) in [5.74, 6) is 1.64. The molecule has 0 aliphatic heterocycles. The third-order valence-electron chi connectivity index (χ3n) is 2.89. The van der Waals surface area contributed by atoms with Gasteiger partial charge in [0.2, 0.25) is 0 Å². The van der Waals surface area contributed by atoms with Gasteiger partial charge in [0, 0.05) is 11.8 Å². The molecule has 0 radical (unpaired) electrons. The van der Waals surface area contributed by atoms with Crippen LogP contribution in [0, 0.1) is 0 Å². The number of hydrogen-bond donors (Lipinski definition) is 0. The minimum atomic E-state index is 0.804. The molecule has 2 heterocycles. The first-order chi connectivity index (χ1) is 9.38. The molecule has 4 nitrogen and oxygen atoms in total. The predicted octanol–water partition coefficient (Wildman–Crippen LogP) is 2.94. The van der Waals surface area contributed by atoms with Gasteiger partial charge in [0.05, 0.1) is 19.0 Å². The molecule has 94 valence electrons. The van der Waals surface area contributed by atoms with Crippen molar-refractivity contribution in [3.05, 3.63) is 60.9 Å². The van der Waals surface area contributed by atoms with E-state index in [4.69, 9.17) is 4.74 Å². The molecule has 0 fully saturated rings. The summed E-state index contributed by atoms with van der Waals surface area (Å²) >= 11 is 0. The van der Waals surface area contributed by atoms with Crippen LogP contribution in [0.25, 0.3) is 17.1 Å². The lowest BCUT2D eigenvalue weighted by atomic mass is 10.1. The molecule has 19 heavy (non-hydrogen) atoms. The molecule has 0 atom stereocenters. The molecule has 0 saturated carbocycles. The zero-order valence-corrected chi connectivity index (χ0v) is 10.5. The Bertz CT molecular complexity index is 659. The summed E-state index contributed by atoms with van der Waals surface area (Å²) in [7, 11) is 1.66. The van der Waals surface area contributed by atoms with Crippen LogP contribution in [-0.2, 0) is 0 Å². The molecule has 0 saturated heterocycles. The smallest absolute Gasteiger partial charge is 0.153 e. The van der Waals surface area contributed by atoms with Crippen LogP contribution in [0.15, 0.2) is 60.9 Å². The molecule has 0 N–H and O–H groups in total. The summed E-state index contributed by atoms with van der Waals surface area (Å²) in [6.07, 6.45) is 3.53. The fourth-order valence-corrected chi connectivity index (χ4v) is 1.95. The van der Waals surface area contributed by atoms with Gasteiger partial charge in [0.1, 0.15) is 5.75 Å². The van der Waals surface area contributed by atoms with Crippen molar-refractivity contribution in [2.45, 2.75) is 0 Å². The van der Waals surface area contributed by atoms with Crippen molar-refractivity contribution in [1.29, 1.82) is 0 Å². The van der Waals surface area contributed by atoms with E-state index in [2.05, 4.69) is 10.1 Å². The first-order valence-electron chi connectivity index (χ1n) is 5.98. The fourth-order valence-electron chi connectivity index (χ4n) is 1.95. The van der Waals surface area contributed by atoms with E-state index in [0.717, 1.165) is 22.8 Å². The highest BCUT2D eigenvalue weighted by atomic mass is 16.5. The summed E-state index contributed by atoms with van der Waals surface area (Å²) in [6.45, 7) is 0. The minimum Gasteiger partial charge on any atom is -0.497 e. The lowest BCUT2D eigenvalue weighted by Gasteiger charge is -2.07. The Kier molecular flexibility index (Phi) is 2.98. The molecule has 3 aromatic rings. The molecule has 0 aliphatic carbocycles. The highest BCUT2D eigenvalue weighted by molar-refractivity contribution is 5.62. The standard InChI is InChI=1S/C15H13N3O/c1-19-13-7-5-12(6-8-13)14-9-11-17-18(14)15-4-2-3-10-16-15/h2-11H,1H3. The summed E-state index contributed by atoms with van der Waals surface area (Å²) in [4.78, 5) is 4.32. The summed E-state index contributed by atoms with van der Waals surface area (Å²) in [6, 6.07) is 15.6. The Morgan fingerprint density at radius 1 is 0.947 bits per heavy atom. The molecule has 0 bridgehead atoms. The summed E-state index contributed by atoms with van der Waals surface area (Å²) < 4.78 is 6.99. The van der Waals surface area contributed by atoms with E-state index < -0.39 is 0 Å². The Labute approximate surface area is 111 Å². The average molecular weight is 251 g/mol. The summed E-state index contributed by atoms with van der Waals surface area (Å²) in [5.41, 5.74) is 2.07. The maximum absolute atomic E-state index is 5.17. The number of rotatable bonds is 3. The van der Waals surface area contributed by atoms with Gasteiger partial charge in [-0.1, -0.05) is 6.07 Å². The van der Waals surface area contributed by atoms with E-state index in [9.17, 15) is 0 Å². The van der Waals surface area contributed by atoms with Gasteiger partial charge in [-0.15, -0.1) is 0 Å². The van der Waals surface area contributed by atoms with Crippen molar-refractivity contribution < 1.29 is 4.74 Å². The minimum absolute atomic E-state index is 0.804. The van der Waals surface area contributed by atoms with Gasteiger partial charge in [-0.25, -0.2) is 9.67 Å². The van der Waals surface area contributed by atoms with Crippen LogP contribution in [0.3, 0.4) is 0 Å². The second-order valence-electron chi connectivity index (χ2n) is 4.04. The number of ether oxygens (including phenoxy) is 1. The van der Waals surface area contributed by atoms with E-state index in [1.807, 2.05) is 53.2 Å². The molecule has 0 spiro atoms. The Morgan fingerprint density at radius 3 is 2.47 bits per heavy atom. The SMILES string of the molecule is COc1ccc(-c2ccnn2-c2ccccn2)cc1. The maximum atomic E-state index is 5.17. The van der Waals surface area contributed by atoms with Crippen molar-refractivity contribution in [3.8, 4) is 22.8 Å². The van der Waals surface area contributed by atoms with Gasteiger partial charge >= 0.3 is 0 Å². The van der Waals surface area contributed by atoms with E-state index in [0.29, 0.717) is 0 Å². The molecule has 3 rings (SSSR count). The Hall–Kier alpha value is -2.62. The molecule has 2 aromatic heterocycles. The van der Waals surface area contributed by atoms with E-state index in [-0.39, 0.29) is 0 Å². The van der Waals surface area contributed by atoms with Crippen LogP contribution >= 0.6 is 0 Å². The molecule has 1 aromatic carbocycles. The van der Waals surface area contributed by atoms with Crippen LogP contribution in [0.2, 0.25) is 0 Å². The van der Waals surface area contributed by atoms with E-state index >= 15 is 0 Å². The molecular formula is C15H13N3O. The van der Waals surface area contributed by atoms with Gasteiger partial charge < -0.3 is 4.74 Å². The van der Waals surface area contributed by atoms with Gasteiger partial charge in [-0.05, 0) is 42.5 Å².